The fourth-order valence-electron chi connectivity index (χ4n) is 4.28. The van der Waals surface area contributed by atoms with E-state index < -0.39 is 0 Å². The van der Waals surface area contributed by atoms with Crippen molar-refractivity contribution in [3.8, 4) is 0 Å². The second kappa shape index (κ2) is 6.82. The summed E-state index contributed by atoms with van der Waals surface area (Å²) in [7, 11) is 0. The molecule has 1 saturated heterocycles. The third-order valence-corrected chi connectivity index (χ3v) is 5.96. The van der Waals surface area contributed by atoms with Crippen molar-refractivity contribution in [3.05, 3.63) is 70.3 Å². The predicted molar refractivity (Wildman–Crippen MR) is 101 cm³/mol. The first-order valence-electron chi connectivity index (χ1n) is 9.40. The summed E-state index contributed by atoms with van der Waals surface area (Å²) in [4.78, 5) is 24.3. The Bertz CT molecular complexity index is 908. The summed E-state index contributed by atoms with van der Waals surface area (Å²) in [5.74, 6) is -0.253. The van der Waals surface area contributed by atoms with E-state index in [1.165, 1.54) is 5.56 Å². The van der Waals surface area contributed by atoms with Crippen LogP contribution in [0.15, 0.2) is 42.5 Å². The Morgan fingerprint density at radius 3 is 2.74 bits per heavy atom. The number of rotatable bonds is 3. The van der Waals surface area contributed by atoms with E-state index >= 15 is 0 Å². The van der Waals surface area contributed by atoms with Gasteiger partial charge in [-0.1, -0.05) is 30.3 Å². The SMILES string of the molecule is Cc1ccccc1CN(O)C(=O)c1ccc2c(c1)CC[C@@]1(CNC(=O)C1)C2. The molecule has 1 atom stereocenters. The molecule has 4 rings (SSSR count). The molecule has 1 heterocycles. The standard InChI is InChI=1S/C22H24N2O3/c1-15-4-2-3-5-19(15)13-24(27)21(26)17-6-7-18-11-22(9-8-16(18)10-17)12-20(25)23-14-22/h2-7,10,27H,8-9,11-14H2,1H3,(H,23,25)/t22-/m1/s1. The number of hydrogen-bond donors (Lipinski definition) is 2. The monoisotopic (exact) mass is 364 g/mol. The van der Waals surface area contributed by atoms with E-state index in [4.69, 9.17) is 0 Å². The number of nitrogens with one attached hydrogen (secondary N) is 1. The molecule has 27 heavy (non-hydrogen) atoms. The number of hydroxylamine groups is 2. The average molecular weight is 364 g/mol. The molecule has 1 spiro atoms. The van der Waals surface area contributed by atoms with Gasteiger partial charge >= 0.3 is 0 Å². The maximum atomic E-state index is 12.7. The molecule has 1 fully saturated rings. The molecule has 0 aromatic heterocycles. The summed E-state index contributed by atoms with van der Waals surface area (Å²) in [6.07, 6.45) is 3.26. The molecular weight excluding hydrogens is 340 g/mol. The minimum Gasteiger partial charge on any atom is -0.356 e. The summed E-state index contributed by atoms with van der Waals surface area (Å²) in [5.41, 5.74) is 4.85. The van der Waals surface area contributed by atoms with Gasteiger partial charge in [0.2, 0.25) is 5.91 Å². The molecule has 2 aromatic rings. The molecule has 2 N–H and O–H groups in total. The van der Waals surface area contributed by atoms with Crippen LogP contribution in [0.2, 0.25) is 0 Å². The lowest BCUT2D eigenvalue weighted by Crippen LogP contribution is -2.32. The smallest absolute Gasteiger partial charge is 0.277 e. The third-order valence-electron chi connectivity index (χ3n) is 5.96. The van der Waals surface area contributed by atoms with E-state index in [1.54, 1.807) is 6.07 Å². The highest BCUT2D eigenvalue weighted by Gasteiger charge is 2.40. The number of carbonyl (C=O) groups is 2. The molecule has 1 aliphatic heterocycles. The minimum absolute atomic E-state index is 0.0312. The number of benzene rings is 2. The highest BCUT2D eigenvalue weighted by molar-refractivity contribution is 5.93. The highest BCUT2D eigenvalue weighted by atomic mass is 16.5. The normalized spacial score (nSPS) is 21.0. The molecule has 2 aromatic carbocycles. The number of hydrogen-bond acceptors (Lipinski definition) is 3. The van der Waals surface area contributed by atoms with Gasteiger partial charge in [0.25, 0.3) is 5.91 Å². The summed E-state index contributed by atoms with van der Waals surface area (Å²) < 4.78 is 0. The number of fused-ring (bicyclic) bond motifs is 1. The fraction of sp³-hybridized carbons (Fsp3) is 0.364. The number of aryl methyl sites for hydroxylation is 2. The molecule has 140 valence electrons. The van der Waals surface area contributed by atoms with E-state index in [2.05, 4.69) is 5.32 Å². The van der Waals surface area contributed by atoms with Crippen LogP contribution < -0.4 is 5.32 Å². The van der Waals surface area contributed by atoms with Crippen LogP contribution in [0.1, 0.15) is 45.5 Å². The van der Waals surface area contributed by atoms with Crippen LogP contribution in [0.5, 0.6) is 0 Å². The zero-order chi connectivity index (χ0) is 19.0. The van der Waals surface area contributed by atoms with Crippen molar-refractivity contribution in [3.63, 3.8) is 0 Å². The van der Waals surface area contributed by atoms with Crippen LogP contribution in [0.25, 0.3) is 0 Å². The quantitative estimate of drug-likeness (QED) is 0.650. The summed E-state index contributed by atoms with van der Waals surface area (Å²) in [6, 6.07) is 13.4. The van der Waals surface area contributed by atoms with Crippen LogP contribution in [-0.2, 0) is 24.2 Å². The van der Waals surface area contributed by atoms with E-state index in [-0.39, 0.29) is 23.8 Å². The van der Waals surface area contributed by atoms with Gasteiger partial charge in [-0.3, -0.25) is 14.8 Å². The van der Waals surface area contributed by atoms with Crippen LogP contribution in [0.3, 0.4) is 0 Å². The van der Waals surface area contributed by atoms with Crippen molar-refractivity contribution in [1.29, 1.82) is 0 Å². The van der Waals surface area contributed by atoms with Crippen molar-refractivity contribution < 1.29 is 14.8 Å². The lowest BCUT2D eigenvalue weighted by molar-refractivity contribution is -0.119. The number of nitrogens with zero attached hydrogens (tertiary/aromatic N) is 1. The van der Waals surface area contributed by atoms with Crippen molar-refractivity contribution >= 4 is 11.8 Å². The first kappa shape index (κ1) is 17.7. The predicted octanol–water partition coefficient (Wildman–Crippen LogP) is 3.02. The van der Waals surface area contributed by atoms with Crippen LogP contribution in [0, 0.1) is 12.3 Å². The first-order valence-corrected chi connectivity index (χ1v) is 9.40. The highest BCUT2D eigenvalue weighted by Crippen LogP contribution is 2.40. The van der Waals surface area contributed by atoms with Gasteiger partial charge in [0, 0.05) is 23.9 Å². The molecule has 0 saturated carbocycles. The molecular formula is C22H24N2O3. The Balaban J connectivity index is 1.50. The molecule has 2 amide bonds. The lowest BCUT2D eigenvalue weighted by atomic mass is 9.71. The molecule has 5 heteroatoms. The maximum Gasteiger partial charge on any atom is 0.277 e. The molecule has 1 aliphatic carbocycles. The average Bonchev–Trinajstić information content (AvgIpc) is 3.02. The molecule has 2 aliphatic rings. The fourth-order valence-corrected chi connectivity index (χ4v) is 4.28. The Morgan fingerprint density at radius 2 is 2.00 bits per heavy atom. The second-order valence-electron chi connectivity index (χ2n) is 7.90. The van der Waals surface area contributed by atoms with Crippen LogP contribution >= 0.6 is 0 Å². The summed E-state index contributed by atoms with van der Waals surface area (Å²) >= 11 is 0. The van der Waals surface area contributed by atoms with Crippen molar-refractivity contribution in [1.82, 2.24) is 10.4 Å². The zero-order valence-electron chi connectivity index (χ0n) is 15.5. The zero-order valence-corrected chi connectivity index (χ0v) is 15.5. The van der Waals surface area contributed by atoms with Gasteiger partial charge in [-0.05, 0) is 60.6 Å². The Labute approximate surface area is 159 Å². The minimum atomic E-state index is -0.390. The van der Waals surface area contributed by atoms with Crippen LogP contribution in [0.4, 0.5) is 0 Å². The van der Waals surface area contributed by atoms with Gasteiger partial charge in [0.15, 0.2) is 0 Å². The van der Waals surface area contributed by atoms with Gasteiger partial charge in [-0.2, -0.15) is 0 Å². The lowest BCUT2D eigenvalue weighted by Gasteiger charge is -2.33. The van der Waals surface area contributed by atoms with Gasteiger partial charge in [-0.15, -0.1) is 0 Å². The third kappa shape index (κ3) is 3.47. The van der Waals surface area contributed by atoms with Gasteiger partial charge in [0.1, 0.15) is 0 Å². The molecule has 5 nitrogen and oxygen atoms in total. The van der Waals surface area contributed by atoms with Gasteiger partial charge < -0.3 is 5.32 Å². The number of amides is 2. The van der Waals surface area contributed by atoms with Crippen molar-refractivity contribution in [2.45, 2.75) is 39.2 Å². The van der Waals surface area contributed by atoms with E-state index in [0.717, 1.165) is 47.6 Å². The van der Waals surface area contributed by atoms with E-state index in [0.29, 0.717) is 12.0 Å². The van der Waals surface area contributed by atoms with E-state index in [1.807, 2.05) is 43.3 Å². The Hall–Kier alpha value is -2.66. The van der Waals surface area contributed by atoms with Gasteiger partial charge in [0.05, 0.1) is 6.54 Å². The van der Waals surface area contributed by atoms with Gasteiger partial charge in [-0.25, -0.2) is 5.06 Å². The second-order valence-corrected chi connectivity index (χ2v) is 7.90. The molecule has 0 unspecified atom stereocenters. The van der Waals surface area contributed by atoms with E-state index in [9.17, 15) is 14.8 Å². The molecule has 0 radical (unpaired) electrons. The largest absolute Gasteiger partial charge is 0.356 e. The first-order chi connectivity index (χ1) is 13.0. The molecule has 0 bridgehead atoms. The summed E-state index contributed by atoms with van der Waals surface area (Å²) in [5, 5.41) is 14.0. The Morgan fingerprint density at radius 1 is 1.19 bits per heavy atom. The van der Waals surface area contributed by atoms with Crippen molar-refractivity contribution in [2.24, 2.45) is 5.41 Å². The summed E-state index contributed by atoms with van der Waals surface area (Å²) in [6.45, 7) is 2.87. The van der Waals surface area contributed by atoms with Crippen LogP contribution in [-0.4, -0.2) is 28.6 Å². The van der Waals surface area contributed by atoms with Crippen molar-refractivity contribution in [2.75, 3.05) is 6.54 Å². The Kier molecular flexibility index (Phi) is 4.48. The topological polar surface area (TPSA) is 69.6 Å². The number of carbonyl (C=O) groups excluding carboxylic acids is 2. The maximum absolute atomic E-state index is 12.7.